The van der Waals surface area contributed by atoms with Gasteiger partial charge in [0.2, 0.25) is 0 Å². The van der Waals surface area contributed by atoms with E-state index in [-0.39, 0.29) is 6.61 Å². The normalized spacial score (nSPS) is 18.6. The Labute approximate surface area is 149 Å². The van der Waals surface area contributed by atoms with Crippen LogP contribution in [0, 0.1) is 11.8 Å². The van der Waals surface area contributed by atoms with Crippen LogP contribution in [0.4, 0.5) is 0 Å². The van der Waals surface area contributed by atoms with Crippen LogP contribution in [-0.4, -0.2) is 61.8 Å². The molecule has 1 unspecified atom stereocenters. The lowest BCUT2D eigenvalue weighted by Crippen LogP contribution is -2.39. The first-order valence-corrected chi connectivity index (χ1v) is 10.1. The summed E-state index contributed by atoms with van der Waals surface area (Å²) >= 11 is 0. The Hall–Kier alpha value is -0.810. The molecule has 0 aromatic carbocycles. The summed E-state index contributed by atoms with van der Waals surface area (Å²) < 4.78 is 0. The molecule has 1 atom stereocenters. The number of likely N-dealkylation sites (tertiary alicyclic amines) is 1. The van der Waals surface area contributed by atoms with Gasteiger partial charge in [0.15, 0.2) is 5.96 Å². The molecule has 1 heterocycles. The first-order valence-electron chi connectivity index (χ1n) is 10.1. The lowest BCUT2D eigenvalue weighted by Gasteiger charge is -2.31. The van der Waals surface area contributed by atoms with Gasteiger partial charge in [0, 0.05) is 26.2 Å². The summed E-state index contributed by atoms with van der Waals surface area (Å²) in [7, 11) is 0. The summed E-state index contributed by atoms with van der Waals surface area (Å²) in [5, 5.41) is 16.0. The number of aliphatic hydroxyl groups is 1. The quantitative estimate of drug-likeness (QED) is 0.399. The number of aliphatic imine (C=N–C) groups is 1. The van der Waals surface area contributed by atoms with Gasteiger partial charge >= 0.3 is 0 Å². The average Bonchev–Trinajstić information content (AvgIpc) is 2.60. The topological polar surface area (TPSA) is 59.9 Å². The predicted octanol–water partition coefficient (Wildman–Crippen LogP) is 2.46. The highest BCUT2D eigenvalue weighted by Gasteiger charge is 2.17. The van der Waals surface area contributed by atoms with Crippen molar-refractivity contribution in [2.75, 3.05) is 45.9 Å². The molecule has 0 amide bonds. The third-order valence-electron chi connectivity index (χ3n) is 5.09. The molecule has 5 nitrogen and oxygen atoms in total. The molecule has 142 valence electrons. The number of piperidine rings is 1. The maximum absolute atomic E-state index is 9.17. The molecule has 0 radical (unpaired) electrons. The first-order chi connectivity index (χ1) is 11.7. The van der Waals surface area contributed by atoms with Gasteiger partial charge in [-0.3, -0.25) is 4.99 Å². The summed E-state index contributed by atoms with van der Waals surface area (Å²) in [6.07, 6.45) is 7.04. The molecular weight excluding hydrogens is 300 g/mol. The molecule has 3 N–H and O–H groups in total. The molecule has 1 rings (SSSR count). The van der Waals surface area contributed by atoms with Gasteiger partial charge in [-0.15, -0.1) is 0 Å². The molecule has 0 saturated carbocycles. The number of nitrogens with zero attached hydrogens (tertiary/aromatic N) is 2. The van der Waals surface area contributed by atoms with Gasteiger partial charge in [-0.05, 0) is 70.5 Å². The zero-order chi connectivity index (χ0) is 17.6. The smallest absolute Gasteiger partial charge is 0.191 e. The van der Waals surface area contributed by atoms with E-state index in [4.69, 9.17) is 4.99 Å². The number of hydrogen-bond acceptors (Lipinski definition) is 3. The first kappa shape index (κ1) is 21.2. The highest BCUT2D eigenvalue weighted by Crippen LogP contribution is 2.19. The van der Waals surface area contributed by atoms with Crippen molar-refractivity contribution in [2.24, 2.45) is 16.8 Å². The van der Waals surface area contributed by atoms with E-state index in [1.807, 2.05) is 0 Å². The Morgan fingerprint density at radius 2 is 1.92 bits per heavy atom. The van der Waals surface area contributed by atoms with Gasteiger partial charge in [-0.25, -0.2) is 0 Å². The minimum Gasteiger partial charge on any atom is -0.396 e. The Kier molecular flexibility index (Phi) is 11.9. The third-order valence-corrected chi connectivity index (χ3v) is 5.09. The van der Waals surface area contributed by atoms with Gasteiger partial charge < -0.3 is 20.6 Å². The summed E-state index contributed by atoms with van der Waals surface area (Å²) in [5.41, 5.74) is 0. The number of nitrogens with one attached hydrogen (secondary N) is 2. The zero-order valence-corrected chi connectivity index (χ0v) is 16.2. The summed E-state index contributed by atoms with van der Waals surface area (Å²) in [4.78, 5) is 7.28. The second-order valence-corrected chi connectivity index (χ2v) is 6.98. The zero-order valence-electron chi connectivity index (χ0n) is 16.2. The number of aliphatic hydroxyl groups excluding tert-OH is 1. The number of guanidine groups is 1. The largest absolute Gasteiger partial charge is 0.396 e. The minimum absolute atomic E-state index is 0.264. The fraction of sp³-hybridized carbons (Fsp3) is 0.947. The Balaban J connectivity index is 2.32. The van der Waals surface area contributed by atoms with Crippen molar-refractivity contribution in [3.63, 3.8) is 0 Å². The van der Waals surface area contributed by atoms with Crippen molar-refractivity contribution in [3.05, 3.63) is 0 Å². The van der Waals surface area contributed by atoms with Gasteiger partial charge in [0.25, 0.3) is 0 Å². The third kappa shape index (κ3) is 8.88. The van der Waals surface area contributed by atoms with Gasteiger partial charge in [-0.2, -0.15) is 0 Å². The number of rotatable bonds is 11. The van der Waals surface area contributed by atoms with Crippen LogP contribution in [0.3, 0.4) is 0 Å². The molecule has 0 aromatic heterocycles. The lowest BCUT2D eigenvalue weighted by molar-refractivity contribution is 0.187. The Morgan fingerprint density at radius 1 is 1.17 bits per heavy atom. The molecular formula is C19H40N4O. The standard InChI is InChI=1S/C19H40N4O/c1-4-7-18(11-15-24)16-22-19(20-5-2)21-12-8-17-9-13-23(6-3)14-10-17/h17-18,24H,4-16H2,1-3H3,(H2,20,21,22). The molecule has 1 aliphatic rings. The second kappa shape index (κ2) is 13.5. The molecule has 0 aromatic rings. The Bertz CT molecular complexity index is 321. The van der Waals surface area contributed by atoms with Gasteiger partial charge in [0.1, 0.15) is 0 Å². The van der Waals surface area contributed by atoms with Crippen molar-refractivity contribution in [2.45, 2.75) is 59.3 Å². The maximum Gasteiger partial charge on any atom is 0.191 e. The lowest BCUT2D eigenvalue weighted by atomic mass is 9.93. The van der Waals surface area contributed by atoms with Gasteiger partial charge in [0.05, 0.1) is 0 Å². The summed E-state index contributed by atoms with van der Waals surface area (Å²) in [6.45, 7) is 13.2. The molecule has 0 spiro atoms. The highest BCUT2D eigenvalue weighted by atomic mass is 16.3. The molecule has 1 fully saturated rings. The van der Waals surface area contributed by atoms with Crippen molar-refractivity contribution in [1.29, 1.82) is 0 Å². The summed E-state index contributed by atoms with van der Waals surface area (Å²) in [6, 6.07) is 0. The molecule has 0 bridgehead atoms. The van der Waals surface area contributed by atoms with E-state index in [0.717, 1.165) is 50.8 Å². The van der Waals surface area contributed by atoms with Crippen LogP contribution in [0.1, 0.15) is 59.3 Å². The Morgan fingerprint density at radius 3 is 2.50 bits per heavy atom. The fourth-order valence-electron chi connectivity index (χ4n) is 3.47. The maximum atomic E-state index is 9.17. The monoisotopic (exact) mass is 340 g/mol. The van der Waals surface area contributed by atoms with Crippen LogP contribution in [-0.2, 0) is 0 Å². The minimum atomic E-state index is 0.264. The van der Waals surface area contributed by atoms with Crippen molar-refractivity contribution >= 4 is 5.96 Å². The molecule has 1 saturated heterocycles. The van der Waals surface area contributed by atoms with Crippen LogP contribution in [0.15, 0.2) is 4.99 Å². The van der Waals surface area contributed by atoms with Crippen molar-refractivity contribution < 1.29 is 5.11 Å². The van der Waals surface area contributed by atoms with E-state index in [1.165, 1.54) is 38.9 Å². The average molecular weight is 341 g/mol. The van der Waals surface area contributed by atoms with Gasteiger partial charge in [-0.1, -0.05) is 20.3 Å². The molecule has 24 heavy (non-hydrogen) atoms. The molecule has 1 aliphatic heterocycles. The van der Waals surface area contributed by atoms with Crippen LogP contribution in [0.2, 0.25) is 0 Å². The van der Waals surface area contributed by atoms with Crippen LogP contribution in [0.5, 0.6) is 0 Å². The van der Waals surface area contributed by atoms with E-state index in [1.54, 1.807) is 0 Å². The van der Waals surface area contributed by atoms with E-state index < -0.39 is 0 Å². The van der Waals surface area contributed by atoms with Crippen molar-refractivity contribution in [3.8, 4) is 0 Å². The van der Waals surface area contributed by atoms with Crippen LogP contribution in [0.25, 0.3) is 0 Å². The van der Waals surface area contributed by atoms with E-state index >= 15 is 0 Å². The number of hydrogen-bond donors (Lipinski definition) is 3. The van der Waals surface area contributed by atoms with E-state index in [9.17, 15) is 5.11 Å². The van der Waals surface area contributed by atoms with E-state index in [0.29, 0.717) is 5.92 Å². The highest BCUT2D eigenvalue weighted by molar-refractivity contribution is 5.79. The predicted molar refractivity (Wildman–Crippen MR) is 104 cm³/mol. The SMILES string of the molecule is CCCC(CCO)CN=C(NCC)NCCC1CCN(CC)CC1. The second-order valence-electron chi connectivity index (χ2n) is 6.98. The van der Waals surface area contributed by atoms with E-state index in [2.05, 4.69) is 36.3 Å². The summed E-state index contributed by atoms with van der Waals surface area (Å²) in [5.74, 6) is 2.28. The van der Waals surface area contributed by atoms with Crippen molar-refractivity contribution in [1.82, 2.24) is 15.5 Å². The van der Waals surface area contributed by atoms with Crippen LogP contribution < -0.4 is 10.6 Å². The fourth-order valence-corrected chi connectivity index (χ4v) is 3.47. The van der Waals surface area contributed by atoms with Crippen LogP contribution >= 0.6 is 0 Å². The molecule has 5 heteroatoms. The molecule has 0 aliphatic carbocycles.